The van der Waals surface area contributed by atoms with Crippen LogP contribution in [0.1, 0.15) is 13.8 Å². The zero-order chi connectivity index (χ0) is 11.9. The fourth-order valence-electron chi connectivity index (χ4n) is 1.29. The molecule has 5 nitrogen and oxygen atoms in total. The molecule has 0 saturated heterocycles. The summed E-state index contributed by atoms with van der Waals surface area (Å²) in [6.07, 6.45) is 0. The molecule has 0 rings (SSSR count). The lowest BCUT2D eigenvalue weighted by Crippen LogP contribution is -2.56. The molecule has 7 heteroatoms. The Hall–Kier alpha value is 0.234. The molecule has 0 atom stereocenters. The Balaban J connectivity index is 4.74. The third-order valence-corrected chi connectivity index (χ3v) is 9.13. The van der Waals surface area contributed by atoms with Gasteiger partial charge in [0.05, 0.1) is 0 Å². The van der Waals surface area contributed by atoms with Crippen LogP contribution in [0.4, 0.5) is 0 Å². The molecule has 0 fully saturated rings. The van der Waals surface area contributed by atoms with Crippen LogP contribution in [0.2, 0.25) is 12.1 Å². The zero-order valence-corrected chi connectivity index (χ0v) is 12.5. The van der Waals surface area contributed by atoms with E-state index in [1.54, 1.807) is 28.4 Å². The van der Waals surface area contributed by atoms with Gasteiger partial charge in [-0.3, -0.25) is 0 Å². The summed E-state index contributed by atoms with van der Waals surface area (Å²) in [7, 11) is 1.18. The summed E-state index contributed by atoms with van der Waals surface area (Å²) in [5.74, 6) is 0. The van der Waals surface area contributed by atoms with Crippen molar-refractivity contribution in [2.45, 2.75) is 25.9 Å². The second-order valence-corrected chi connectivity index (χ2v) is 9.59. The normalized spacial score (nSPS) is 13.2. The van der Waals surface area contributed by atoms with Crippen LogP contribution >= 0.6 is 0 Å². The average molecular weight is 254 g/mol. The summed E-state index contributed by atoms with van der Waals surface area (Å²) in [5, 5.41) is 0. The Morgan fingerprint density at radius 1 is 0.667 bits per heavy atom. The van der Waals surface area contributed by atoms with E-state index in [4.69, 9.17) is 21.8 Å². The molecule has 0 aliphatic heterocycles. The van der Waals surface area contributed by atoms with Crippen molar-refractivity contribution in [3.63, 3.8) is 0 Å². The van der Waals surface area contributed by atoms with Crippen molar-refractivity contribution >= 4 is 17.6 Å². The molecule has 0 heterocycles. The number of rotatable bonds is 8. The number of hydrogen-bond donors (Lipinski definition) is 0. The lowest BCUT2D eigenvalue weighted by atomic mass is 11.0. The third kappa shape index (κ3) is 3.63. The Kier molecular flexibility index (Phi) is 6.84. The first-order chi connectivity index (χ1) is 7.07. The highest BCUT2D eigenvalue weighted by molar-refractivity contribution is 6.74. The van der Waals surface area contributed by atoms with Crippen LogP contribution in [0.3, 0.4) is 0 Å². The molecule has 92 valence electrons. The first-order valence-electron chi connectivity index (χ1n) is 4.98. The highest BCUT2D eigenvalue weighted by Gasteiger charge is 2.49. The summed E-state index contributed by atoms with van der Waals surface area (Å²) in [6.45, 7) is 3.94. The van der Waals surface area contributed by atoms with Crippen LogP contribution in [-0.4, -0.2) is 46.0 Å². The van der Waals surface area contributed by atoms with Crippen LogP contribution in [-0.2, 0) is 21.8 Å². The van der Waals surface area contributed by atoms with Crippen molar-refractivity contribution in [3.05, 3.63) is 0 Å². The van der Waals surface area contributed by atoms with Gasteiger partial charge in [-0.1, -0.05) is 13.8 Å². The van der Waals surface area contributed by atoms with Gasteiger partial charge in [-0.05, 0) is 0 Å². The number of hydrogen-bond acceptors (Lipinski definition) is 5. The van der Waals surface area contributed by atoms with E-state index in [9.17, 15) is 0 Å². The van der Waals surface area contributed by atoms with Crippen molar-refractivity contribution in [2.75, 3.05) is 28.4 Å². The molecule has 0 unspecified atom stereocenters. The van der Waals surface area contributed by atoms with Crippen molar-refractivity contribution in [2.24, 2.45) is 0 Å². The molecular weight excluding hydrogens is 232 g/mol. The molecule has 0 saturated carbocycles. The van der Waals surface area contributed by atoms with Crippen LogP contribution in [0.25, 0.3) is 0 Å². The highest BCUT2D eigenvalue weighted by atomic mass is 28.5. The highest BCUT2D eigenvalue weighted by Crippen LogP contribution is 2.23. The predicted molar refractivity (Wildman–Crippen MR) is 61.6 cm³/mol. The molecule has 0 bridgehead atoms. The molecule has 0 spiro atoms. The van der Waals surface area contributed by atoms with Gasteiger partial charge in [0.1, 0.15) is 0 Å². The van der Waals surface area contributed by atoms with E-state index in [-0.39, 0.29) is 0 Å². The van der Waals surface area contributed by atoms with Gasteiger partial charge in [-0.2, -0.15) is 0 Å². The molecule has 0 amide bonds. The topological polar surface area (TPSA) is 46.2 Å². The molecule has 0 N–H and O–H groups in total. The standard InChI is InChI=1S/C8H22O5Si2/c1-7-14(9-3,10-4)13-15(8-2,11-5)12-6/h7-8H2,1-6H3. The molecule has 0 aromatic heterocycles. The van der Waals surface area contributed by atoms with Crippen LogP contribution < -0.4 is 0 Å². The van der Waals surface area contributed by atoms with E-state index in [2.05, 4.69) is 0 Å². The Bertz CT molecular complexity index is 136. The summed E-state index contributed by atoms with van der Waals surface area (Å²) in [6, 6.07) is 1.39. The van der Waals surface area contributed by atoms with E-state index >= 15 is 0 Å². The smallest absolute Gasteiger partial charge is 0.377 e. The average Bonchev–Trinajstić information content (AvgIpc) is 2.33. The maximum Gasteiger partial charge on any atom is 0.492 e. The van der Waals surface area contributed by atoms with Gasteiger partial charge in [-0.15, -0.1) is 0 Å². The molecule has 0 radical (unpaired) electrons. The van der Waals surface area contributed by atoms with Gasteiger partial charge in [0.15, 0.2) is 0 Å². The van der Waals surface area contributed by atoms with Gasteiger partial charge in [-0.25, -0.2) is 0 Å². The first kappa shape index (κ1) is 15.2. The Labute approximate surface area is 94.4 Å². The van der Waals surface area contributed by atoms with Crippen molar-refractivity contribution in [1.29, 1.82) is 0 Å². The van der Waals surface area contributed by atoms with E-state index in [0.29, 0.717) is 12.1 Å². The Morgan fingerprint density at radius 2 is 0.933 bits per heavy atom. The van der Waals surface area contributed by atoms with Gasteiger partial charge >= 0.3 is 17.6 Å². The van der Waals surface area contributed by atoms with Gasteiger partial charge < -0.3 is 21.8 Å². The minimum Gasteiger partial charge on any atom is -0.377 e. The Morgan fingerprint density at radius 3 is 1.07 bits per heavy atom. The summed E-state index contributed by atoms with van der Waals surface area (Å²) in [5.41, 5.74) is 0. The van der Waals surface area contributed by atoms with E-state index in [0.717, 1.165) is 0 Å². The van der Waals surface area contributed by atoms with Gasteiger partial charge in [0.2, 0.25) is 0 Å². The SMILES string of the molecule is CC[Si](OC)(OC)O[Si](CC)(OC)OC. The molecule has 0 aliphatic carbocycles. The second kappa shape index (κ2) is 6.74. The van der Waals surface area contributed by atoms with Gasteiger partial charge in [0.25, 0.3) is 0 Å². The predicted octanol–water partition coefficient (Wildman–Crippen LogP) is 1.51. The van der Waals surface area contributed by atoms with Crippen LogP contribution in [0, 0.1) is 0 Å². The second-order valence-electron chi connectivity index (χ2n) is 2.99. The molecule has 0 aromatic rings. The van der Waals surface area contributed by atoms with E-state index in [1.165, 1.54) is 0 Å². The molecule has 15 heavy (non-hydrogen) atoms. The first-order valence-corrected chi connectivity index (χ1v) is 8.84. The monoisotopic (exact) mass is 254 g/mol. The lowest BCUT2D eigenvalue weighted by Gasteiger charge is -2.34. The maximum atomic E-state index is 5.91. The van der Waals surface area contributed by atoms with Crippen LogP contribution in [0.15, 0.2) is 0 Å². The molecule has 0 aromatic carbocycles. The summed E-state index contributed by atoms with van der Waals surface area (Å²) < 4.78 is 27.4. The van der Waals surface area contributed by atoms with E-state index in [1.807, 2.05) is 13.8 Å². The van der Waals surface area contributed by atoms with Crippen molar-refractivity contribution in [3.8, 4) is 0 Å². The quantitative estimate of drug-likeness (QED) is 0.614. The lowest BCUT2D eigenvalue weighted by molar-refractivity contribution is 0.0884. The van der Waals surface area contributed by atoms with Gasteiger partial charge in [0, 0.05) is 40.5 Å². The minimum atomic E-state index is -2.60. The minimum absolute atomic E-state index is 0.696. The van der Waals surface area contributed by atoms with Crippen molar-refractivity contribution < 1.29 is 21.8 Å². The zero-order valence-electron chi connectivity index (χ0n) is 10.5. The van der Waals surface area contributed by atoms with Crippen LogP contribution in [0.5, 0.6) is 0 Å². The summed E-state index contributed by atoms with van der Waals surface area (Å²) in [4.78, 5) is 0. The van der Waals surface area contributed by atoms with Crippen molar-refractivity contribution in [1.82, 2.24) is 0 Å². The fourth-order valence-corrected chi connectivity index (χ4v) is 7.16. The third-order valence-electron chi connectivity index (χ3n) is 2.42. The largest absolute Gasteiger partial charge is 0.492 e. The fraction of sp³-hybridized carbons (Fsp3) is 1.00. The maximum absolute atomic E-state index is 5.91. The van der Waals surface area contributed by atoms with E-state index < -0.39 is 17.6 Å². The molecular formula is C8H22O5Si2. The summed E-state index contributed by atoms with van der Waals surface area (Å²) >= 11 is 0. The molecule has 0 aliphatic rings.